The molecule has 5 heteroatoms. The van der Waals surface area contributed by atoms with Gasteiger partial charge >= 0.3 is 0 Å². The molecule has 0 heterocycles. The maximum absolute atomic E-state index is 12.4. The Bertz CT molecular complexity index is 644. The van der Waals surface area contributed by atoms with E-state index in [-0.39, 0.29) is 29.3 Å². The van der Waals surface area contributed by atoms with E-state index in [1.165, 1.54) is 5.57 Å². The number of aliphatic hydroxyl groups excluding tert-OH is 3. The topological polar surface area (TPSA) is 98.0 Å². The molecule has 0 aromatic heterocycles. The summed E-state index contributed by atoms with van der Waals surface area (Å²) >= 11 is 0. The first-order chi connectivity index (χ1) is 12.2. The van der Waals surface area contributed by atoms with E-state index in [9.17, 15) is 25.2 Å². The van der Waals surface area contributed by atoms with Crippen LogP contribution in [0.25, 0.3) is 0 Å². The van der Waals surface area contributed by atoms with Crippen LogP contribution in [0.1, 0.15) is 58.8 Å². The zero-order valence-electron chi connectivity index (χ0n) is 15.8. The number of carbonyl (C=O) groups is 1. The molecule has 4 aliphatic carbocycles. The second-order valence-corrected chi connectivity index (χ2v) is 9.74. The molecule has 0 aromatic carbocycles. The average molecular weight is 364 g/mol. The van der Waals surface area contributed by atoms with Gasteiger partial charge in [-0.1, -0.05) is 25.5 Å². The van der Waals surface area contributed by atoms with Gasteiger partial charge in [-0.05, 0) is 68.1 Å². The Morgan fingerprint density at radius 1 is 1.23 bits per heavy atom. The Hall–Kier alpha value is -0.750. The second kappa shape index (κ2) is 5.87. The van der Waals surface area contributed by atoms with E-state index in [0.717, 1.165) is 25.7 Å². The second-order valence-electron chi connectivity index (χ2n) is 9.74. The standard InChI is InChI=1S/C21H32O5/c1-19-7-5-13(23)9-12(19)3-4-14-15-6-8-21(26,17(25)11-22)20(15,2)10-16(24)18(14)19/h3,13-16,18,22-24,26H,4-11H2,1-2H3. The molecule has 4 aliphatic rings. The van der Waals surface area contributed by atoms with Gasteiger partial charge in [0.05, 0.1) is 12.2 Å². The first-order valence-electron chi connectivity index (χ1n) is 10.1. The molecule has 5 nitrogen and oxygen atoms in total. The van der Waals surface area contributed by atoms with Gasteiger partial charge in [0.15, 0.2) is 5.78 Å². The molecule has 0 radical (unpaired) electrons. The van der Waals surface area contributed by atoms with Crippen molar-refractivity contribution in [3.05, 3.63) is 11.6 Å². The van der Waals surface area contributed by atoms with Crippen LogP contribution in [-0.4, -0.2) is 50.6 Å². The van der Waals surface area contributed by atoms with E-state index in [2.05, 4.69) is 13.0 Å². The van der Waals surface area contributed by atoms with Crippen molar-refractivity contribution in [2.75, 3.05) is 6.61 Å². The van der Waals surface area contributed by atoms with Crippen LogP contribution in [0.2, 0.25) is 0 Å². The van der Waals surface area contributed by atoms with Crippen molar-refractivity contribution in [1.29, 1.82) is 0 Å². The Labute approximate surface area is 155 Å². The maximum Gasteiger partial charge on any atom is 0.190 e. The number of ketones is 1. The molecule has 0 bridgehead atoms. The Balaban J connectivity index is 1.73. The zero-order valence-corrected chi connectivity index (χ0v) is 15.8. The molecule has 0 amide bonds. The number of aliphatic hydroxyl groups is 4. The summed E-state index contributed by atoms with van der Waals surface area (Å²) in [6, 6.07) is 0. The Kier molecular flexibility index (Phi) is 4.20. The minimum absolute atomic E-state index is 0.107. The summed E-state index contributed by atoms with van der Waals surface area (Å²) in [7, 11) is 0. The van der Waals surface area contributed by atoms with Crippen molar-refractivity contribution in [2.24, 2.45) is 28.6 Å². The maximum atomic E-state index is 12.4. The van der Waals surface area contributed by atoms with Crippen LogP contribution in [0.5, 0.6) is 0 Å². The lowest BCUT2D eigenvalue weighted by Gasteiger charge is -2.60. The van der Waals surface area contributed by atoms with E-state index in [0.29, 0.717) is 19.3 Å². The van der Waals surface area contributed by atoms with Crippen LogP contribution in [0.3, 0.4) is 0 Å². The molecule has 8 unspecified atom stereocenters. The fourth-order valence-electron chi connectivity index (χ4n) is 7.37. The molecule has 0 spiro atoms. The molecular formula is C21H32O5. The SMILES string of the molecule is CC12CCC(O)CC1=CCC1C2C(O)CC2(C)C1CCC2(O)C(=O)CO. The zero-order chi connectivity index (χ0) is 18.9. The van der Waals surface area contributed by atoms with Crippen molar-refractivity contribution < 1.29 is 25.2 Å². The minimum atomic E-state index is -1.54. The van der Waals surface area contributed by atoms with Crippen LogP contribution in [-0.2, 0) is 4.79 Å². The van der Waals surface area contributed by atoms with Crippen LogP contribution in [0.4, 0.5) is 0 Å². The fraction of sp³-hybridized carbons (Fsp3) is 0.857. The minimum Gasteiger partial charge on any atom is -0.393 e. The summed E-state index contributed by atoms with van der Waals surface area (Å²) in [6.07, 6.45) is 6.09. The lowest BCUT2D eigenvalue weighted by molar-refractivity contribution is -0.180. The van der Waals surface area contributed by atoms with Crippen LogP contribution < -0.4 is 0 Å². The van der Waals surface area contributed by atoms with Gasteiger partial charge < -0.3 is 20.4 Å². The molecule has 4 rings (SSSR count). The summed E-state index contributed by atoms with van der Waals surface area (Å²) in [5, 5.41) is 41.8. The van der Waals surface area contributed by atoms with Gasteiger partial charge in [-0.3, -0.25) is 4.79 Å². The lowest BCUT2D eigenvalue weighted by atomic mass is 9.46. The highest BCUT2D eigenvalue weighted by atomic mass is 16.3. The molecule has 8 atom stereocenters. The van der Waals surface area contributed by atoms with Crippen molar-refractivity contribution in [3.8, 4) is 0 Å². The Morgan fingerprint density at radius 2 is 1.96 bits per heavy atom. The van der Waals surface area contributed by atoms with Crippen molar-refractivity contribution in [1.82, 2.24) is 0 Å². The van der Waals surface area contributed by atoms with E-state index in [1.807, 2.05) is 6.92 Å². The van der Waals surface area contributed by atoms with Crippen LogP contribution >= 0.6 is 0 Å². The van der Waals surface area contributed by atoms with Crippen LogP contribution in [0, 0.1) is 28.6 Å². The molecule has 0 aromatic rings. The summed E-state index contributed by atoms with van der Waals surface area (Å²) in [4.78, 5) is 12.4. The largest absolute Gasteiger partial charge is 0.393 e. The third kappa shape index (κ3) is 2.20. The van der Waals surface area contributed by atoms with Gasteiger partial charge in [-0.2, -0.15) is 0 Å². The van der Waals surface area contributed by atoms with Gasteiger partial charge in [0, 0.05) is 5.41 Å². The third-order valence-electron chi connectivity index (χ3n) is 8.77. The third-order valence-corrected chi connectivity index (χ3v) is 8.77. The van der Waals surface area contributed by atoms with E-state index in [1.54, 1.807) is 0 Å². The van der Waals surface area contributed by atoms with Gasteiger partial charge in [-0.25, -0.2) is 0 Å². The van der Waals surface area contributed by atoms with Crippen molar-refractivity contribution in [3.63, 3.8) is 0 Å². The van der Waals surface area contributed by atoms with Crippen molar-refractivity contribution >= 4 is 5.78 Å². The number of Topliss-reactive ketones (excluding diaryl/α,β-unsaturated/α-hetero) is 1. The van der Waals surface area contributed by atoms with Gasteiger partial charge in [0.2, 0.25) is 0 Å². The van der Waals surface area contributed by atoms with Gasteiger partial charge in [0.25, 0.3) is 0 Å². The summed E-state index contributed by atoms with van der Waals surface area (Å²) < 4.78 is 0. The molecule has 146 valence electrons. The van der Waals surface area contributed by atoms with Gasteiger partial charge in [-0.15, -0.1) is 0 Å². The first-order valence-corrected chi connectivity index (χ1v) is 10.1. The monoisotopic (exact) mass is 364 g/mol. The highest BCUT2D eigenvalue weighted by Crippen LogP contribution is 2.67. The predicted octanol–water partition coefficient (Wildman–Crippen LogP) is 1.57. The molecular weight excluding hydrogens is 332 g/mol. The fourth-order valence-corrected chi connectivity index (χ4v) is 7.37. The van der Waals surface area contributed by atoms with E-state index in [4.69, 9.17) is 0 Å². The molecule has 3 saturated carbocycles. The molecule has 3 fully saturated rings. The summed E-state index contributed by atoms with van der Waals surface area (Å²) in [6.45, 7) is 3.51. The smallest absolute Gasteiger partial charge is 0.190 e. The Morgan fingerprint density at radius 3 is 2.65 bits per heavy atom. The molecule has 26 heavy (non-hydrogen) atoms. The highest BCUT2D eigenvalue weighted by Gasteiger charge is 2.67. The van der Waals surface area contributed by atoms with Crippen molar-refractivity contribution in [2.45, 2.75) is 76.6 Å². The number of hydrogen-bond donors (Lipinski definition) is 4. The highest BCUT2D eigenvalue weighted by molar-refractivity contribution is 5.89. The summed E-state index contributed by atoms with van der Waals surface area (Å²) in [5.41, 5.74) is -1.06. The predicted molar refractivity (Wildman–Crippen MR) is 96.1 cm³/mol. The number of hydrogen-bond acceptors (Lipinski definition) is 5. The van der Waals surface area contributed by atoms with E-state index < -0.39 is 29.5 Å². The summed E-state index contributed by atoms with van der Waals surface area (Å²) in [5.74, 6) is -0.00187. The first kappa shape index (κ1) is 18.6. The number of fused-ring (bicyclic) bond motifs is 5. The lowest BCUT2D eigenvalue weighted by Crippen LogP contribution is -2.61. The molecule has 0 saturated heterocycles. The average Bonchev–Trinajstić information content (AvgIpc) is 2.86. The molecule has 0 aliphatic heterocycles. The quantitative estimate of drug-likeness (QED) is 0.558. The number of carbonyl (C=O) groups excluding carboxylic acids is 1. The number of rotatable bonds is 2. The van der Waals surface area contributed by atoms with Crippen LogP contribution in [0.15, 0.2) is 11.6 Å². The normalized spacial score (nSPS) is 53.3. The van der Waals surface area contributed by atoms with Gasteiger partial charge in [0.1, 0.15) is 12.2 Å². The van der Waals surface area contributed by atoms with E-state index >= 15 is 0 Å². The molecule has 4 N–H and O–H groups in total. The number of allylic oxidation sites excluding steroid dienone is 1.